The molecule has 0 amide bonds. The fourth-order valence-electron chi connectivity index (χ4n) is 6.30. The number of carbonyl (C=O) groups is 1. The molecule has 0 saturated carbocycles. The van der Waals surface area contributed by atoms with E-state index in [1.54, 1.807) is 0 Å². The Morgan fingerprint density at radius 1 is 0.652 bits per heavy atom. The maximum Gasteiger partial charge on any atom is 0.306 e. The van der Waals surface area contributed by atoms with E-state index in [2.05, 4.69) is 0 Å². The zero-order valence-electron chi connectivity index (χ0n) is 24.1. The Kier molecular flexibility index (Phi) is 7.58. The number of ether oxygens (including phenoxy) is 3. The number of aromatic hydroxyl groups is 7. The van der Waals surface area contributed by atoms with E-state index < -0.39 is 77.4 Å². The van der Waals surface area contributed by atoms with Crippen LogP contribution in [0.15, 0.2) is 60.7 Å². The van der Waals surface area contributed by atoms with E-state index in [9.17, 15) is 50.8 Å². The van der Waals surface area contributed by atoms with Gasteiger partial charge in [-0.25, -0.2) is 0 Å². The largest absolute Gasteiger partial charge is 0.508 e. The molecule has 0 radical (unpaired) electrons. The van der Waals surface area contributed by atoms with Gasteiger partial charge in [0.15, 0.2) is 23.7 Å². The van der Waals surface area contributed by atoms with Crippen LogP contribution in [0.4, 0.5) is 0 Å². The third-order valence-corrected chi connectivity index (χ3v) is 8.45. The van der Waals surface area contributed by atoms with Crippen molar-refractivity contribution in [2.45, 2.75) is 42.7 Å². The molecule has 4 aromatic rings. The lowest BCUT2D eigenvalue weighted by Crippen LogP contribution is -2.38. The van der Waals surface area contributed by atoms with E-state index in [0.717, 1.165) is 31.4 Å². The molecule has 0 unspecified atom stereocenters. The number of aliphatic hydroxyl groups excluding tert-OH is 2. The highest BCUT2D eigenvalue weighted by Crippen LogP contribution is 2.59. The molecular formula is C33H30O13. The van der Waals surface area contributed by atoms with Gasteiger partial charge in [0.2, 0.25) is 0 Å². The first-order valence-electron chi connectivity index (χ1n) is 14.1. The highest BCUT2D eigenvalue weighted by molar-refractivity contribution is 5.73. The fraction of sp³-hybridized carbons (Fsp3) is 0.242. The Morgan fingerprint density at radius 3 is 1.96 bits per heavy atom. The van der Waals surface area contributed by atoms with E-state index in [0.29, 0.717) is 5.56 Å². The molecule has 0 aromatic heterocycles. The minimum absolute atomic E-state index is 0.0541. The Bertz CT molecular complexity index is 1820. The van der Waals surface area contributed by atoms with E-state index >= 15 is 0 Å². The van der Waals surface area contributed by atoms with Crippen molar-refractivity contribution in [3.63, 3.8) is 0 Å². The van der Waals surface area contributed by atoms with Crippen LogP contribution in [0.2, 0.25) is 0 Å². The second kappa shape index (κ2) is 11.4. The summed E-state index contributed by atoms with van der Waals surface area (Å²) >= 11 is 0. The normalized spacial score (nSPS) is 23.4. The lowest BCUT2D eigenvalue weighted by Gasteiger charge is -2.42. The summed E-state index contributed by atoms with van der Waals surface area (Å²) < 4.78 is 17.1. The van der Waals surface area contributed by atoms with Crippen molar-refractivity contribution >= 4 is 5.97 Å². The number of hydrogen-bond donors (Lipinski definition) is 9. The van der Waals surface area contributed by atoms with E-state index in [1.807, 2.05) is 0 Å². The van der Waals surface area contributed by atoms with Crippen LogP contribution in [0.1, 0.15) is 58.3 Å². The number of carbonyl (C=O) groups excluding carboxylic acids is 1. The number of esters is 1. The van der Waals surface area contributed by atoms with Crippen LogP contribution >= 0.6 is 0 Å². The predicted molar refractivity (Wildman–Crippen MR) is 157 cm³/mol. The van der Waals surface area contributed by atoms with Crippen molar-refractivity contribution < 1.29 is 65.0 Å². The van der Waals surface area contributed by atoms with E-state index in [4.69, 9.17) is 14.2 Å². The zero-order valence-corrected chi connectivity index (χ0v) is 24.1. The third kappa shape index (κ3) is 5.04. The Balaban J connectivity index is 1.61. The number of phenolic OH excluding ortho intramolecular Hbond substituents is 7. The van der Waals surface area contributed by atoms with Crippen LogP contribution in [-0.2, 0) is 9.53 Å². The first-order chi connectivity index (χ1) is 21.9. The summed E-state index contributed by atoms with van der Waals surface area (Å²) in [6.45, 7) is 0. The Morgan fingerprint density at radius 2 is 1.28 bits per heavy atom. The quantitative estimate of drug-likeness (QED) is 0.113. The molecule has 9 N–H and O–H groups in total. The SMILES string of the molecule is COC(=O)C[C@H]1c2c(O)cc(O)c([C@H]3c4c(O)cc(O)cc4O[C@H](c4ccc(O)cc4)[C@@H]3O)c2O[C@H](c2ccc(O)c(O)c2)[C@@H]1O. The molecular weight excluding hydrogens is 604 g/mol. The van der Waals surface area contributed by atoms with Crippen molar-refractivity contribution in [3.05, 3.63) is 88.5 Å². The fourth-order valence-corrected chi connectivity index (χ4v) is 6.30. The predicted octanol–water partition coefficient (Wildman–Crippen LogP) is 3.39. The molecule has 6 rings (SSSR count). The highest BCUT2D eigenvalue weighted by Gasteiger charge is 2.48. The van der Waals surface area contributed by atoms with Gasteiger partial charge < -0.3 is 60.2 Å². The van der Waals surface area contributed by atoms with Crippen molar-refractivity contribution in [2.75, 3.05) is 7.11 Å². The number of methoxy groups -OCH3 is 1. The first kappa shape index (κ1) is 30.5. The molecule has 2 heterocycles. The lowest BCUT2D eigenvalue weighted by molar-refractivity contribution is -0.142. The van der Waals surface area contributed by atoms with Gasteiger partial charge in [0.05, 0.1) is 19.4 Å². The van der Waals surface area contributed by atoms with Gasteiger partial charge >= 0.3 is 5.97 Å². The van der Waals surface area contributed by atoms with E-state index in [1.165, 1.54) is 36.4 Å². The van der Waals surface area contributed by atoms with Crippen LogP contribution < -0.4 is 9.47 Å². The molecule has 0 saturated heterocycles. The number of aliphatic hydroxyl groups is 2. The van der Waals surface area contributed by atoms with Crippen molar-refractivity contribution in [1.82, 2.24) is 0 Å². The van der Waals surface area contributed by atoms with Crippen LogP contribution in [0.5, 0.6) is 51.7 Å². The van der Waals surface area contributed by atoms with Gasteiger partial charge in [0.25, 0.3) is 0 Å². The molecule has 2 aliphatic heterocycles. The summed E-state index contributed by atoms with van der Waals surface area (Å²) in [6.07, 6.45) is -6.13. The average molecular weight is 635 g/mol. The van der Waals surface area contributed by atoms with Crippen LogP contribution in [-0.4, -0.2) is 71.2 Å². The topological polar surface area (TPSA) is 227 Å². The number of phenols is 7. The summed E-state index contributed by atoms with van der Waals surface area (Å²) in [6, 6.07) is 12.6. The van der Waals surface area contributed by atoms with Gasteiger partial charge in [-0.3, -0.25) is 4.79 Å². The molecule has 6 atom stereocenters. The molecule has 0 fully saturated rings. The molecule has 2 aliphatic rings. The van der Waals surface area contributed by atoms with Crippen LogP contribution in [0.25, 0.3) is 0 Å². The second-order valence-electron chi connectivity index (χ2n) is 11.2. The van der Waals surface area contributed by atoms with Gasteiger partial charge in [-0.2, -0.15) is 0 Å². The third-order valence-electron chi connectivity index (χ3n) is 8.45. The maximum absolute atomic E-state index is 12.5. The minimum atomic E-state index is -1.59. The monoisotopic (exact) mass is 634 g/mol. The summed E-state index contributed by atoms with van der Waals surface area (Å²) in [5.74, 6) is -6.70. The lowest BCUT2D eigenvalue weighted by atomic mass is 9.75. The maximum atomic E-state index is 12.5. The zero-order chi connectivity index (χ0) is 33.0. The molecule has 0 bridgehead atoms. The standard InChI is InChI=1S/C33H30O13/c1-44-24(41)11-17-25-21(39)12-22(40)27(33(25)46-32(29(17)42)14-4-7-18(36)19(37)8-14)28-26-20(38)9-16(35)10-23(26)45-31(30(28)43)13-2-5-15(34)6-3-13/h2-10,12,17,28-32,34-40,42-43H,11H2,1H3/t17-,28+,29+,30+,31+,32+/m0/s1. The second-order valence-corrected chi connectivity index (χ2v) is 11.2. The molecule has 46 heavy (non-hydrogen) atoms. The number of fused-ring (bicyclic) bond motifs is 2. The van der Waals surface area contributed by atoms with Gasteiger partial charge in [-0.15, -0.1) is 0 Å². The summed E-state index contributed by atoms with van der Waals surface area (Å²) in [4.78, 5) is 12.5. The van der Waals surface area contributed by atoms with Gasteiger partial charge in [0.1, 0.15) is 52.5 Å². The number of benzene rings is 4. The van der Waals surface area contributed by atoms with Gasteiger partial charge in [0, 0.05) is 40.8 Å². The molecule has 13 heteroatoms. The van der Waals surface area contributed by atoms with Crippen molar-refractivity contribution in [3.8, 4) is 51.7 Å². The number of hydrogen-bond acceptors (Lipinski definition) is 13. The van der Waals surface area contributed by atoms with Crippen molar-refractivity contribution in [1.29, 1.82) is 0 Å². The number of rotatable bonds is 5. The van der Waals surface area contributed by atoms with Gasteiger partial charge in [-0.1, -0.05) is 18.2 Å². The average Bonchev–Trinajstić information content (AvgIpc) is 3.00. The minimum Gasteiger partial charge on any atom is -0.508 e. The molecule has 0 spiro atoms. The molecule has 0 aliphatic carbocycles. The van der Waals surface area contributed by atoms with Crippen LogP contribution in [0.3, 0.4) is 0 Å². The summed E-state index contributed by atoms with van der Waals surface area (Å²) in [7, 11) is 1.14. The molecule has 240 valence electrons. The first-order valence-corrected chi connectivity index (χ1v) is 14.1. The molecule has 13 nitrogen and oxygen atoms in total. The van der Waals surface area contributed by atoms with Crippen LogP contribution in [0, 0.1) is 0 Å². The Labute approximate surface area is 261 Å². The van der Waals surface area contributed by atoms with E-state index in [-0.39, 0.29) is 45.3 Å². The molecule has 4 aromatic carbocycles. The Hall–Kier alpha value is -5.53. The van der Waals surface area contributed by atoms with Gasteiger partial charge in [-0.05, 0) is 35.4 Å². The highest BCUT2D eigenvalue weighted by atomic mass is 16.5. The summed E-state index contributed by atoms with van der Waals surface area (Å²) in [5, 5.41) is 97.2. The summed E-state index contributed by atoms with van der Waals surface area (Å²) in [5.41, 5.74) is 0.212. The smallest absolute Gasteiger partial charge is 0.306 e. The van der Waals surface area contributed by atoms with Crippen molar-refractivity contribution in [2.24, 2.45) is 0 Å².